The lowest BCUT2D eigenvalue weighted by Crippen LogP contribution is -2.28. The lowest BCUT2D eigenvalue weighted by atomic mass is 10.0. The van der Waals surface area contributed by atoms with E-state index in [0.29, 0.717) is 6.61 Å². The van der Waals surface area contributed by atoms with E-state index >= 15 is 0 Å². The minimum atomic E-state index is 0.705. The summed E-state index contributed by atoms with van der Waals surface area (Å²) in [6, 6.07) is 36.0. The molecule has 0 N–H and O–H groups in total. The van der Waals surface area contributed by atoms with Gasteiger partial charge in [0.25, 0.3) is 5.52 Å². The van der Waals surface area contributed by atoms with Gasteiger partial charge in [0.2, 0.25) is 0 Å². The zero-order valence-electron chi connectivity index (χ0n) is 21.3. The molecule has 0 radical (unpaired) electrons. The minimum absolute atomic E-state index is 0.705. The second-order valence-corrected chi connectivity index (χ2v) is 9.37. The maximum Gasteiger partial charge on any atom is 0.255 e. The molecule has 2 aromatic heterocycles. The summed E-state index contributed by atoms with van der Waals surface area (Å²) in [5, 5.41) is 1.17. The second kappa shape index (κ2) is 9.90. The highest BCUT2D eigenvalue weighted by atomic mass is 16.5. The number of fused-ring (bicyclic) bond motifs is 2. The molecular weight excluding hydrogens is 454 g/mol. The predicted molar refractivity (Wildman–Crippen MR) is 151 cm³/mol. The highest BCUT2D eigenvalue weighted by Gasteiger charge is 2.19. The van der Waals surface area contributed by atoms with Gasteiger partial charge >= 0.3 is 0 Å². The molecule has 0 amide bonds. The molecule has 6 aromatic rings. The van der Waals surface area contributed by atoms with Crippen molar-refractivity contribution in [2.75, 3.05) is 6.61 Å². The predicted octanol–water partition coefficient (Wildman–Crippen LogP) is 7.52. The SMILES string of the molecule is CCCCOc1c(-c2ccc(-c3nc4ccccc4n3-c3ccccc3)cc2)ccc2ccc[n+](C)c12. The standard InChI is InChI=1S/C33H30N3O/c1-3-4-23-37-32-28(21-20-25-11-10-22-35(2)31(25)32)24-16-18-26(19-17-24)33-34-29-14-8-9-15-30(29)36(33)27-12-6-5-7-13-27/h5-22H,3-4,23H2,1-2H3/q+1. The number of hydrogen-bond acceptors (Lipinski definition) is 2. The molecule has 0 atom stereocenters. The number of aryl methyl sites for hydroxylation is 1. The van der Waals surface area contributed by atoms with Crippen molar-refractivity contribution >= 4 is 21.9 Å². The van der Waals surface area contributed by atoms with E-state index in [4.69, 9.17) is 9.72 Å². The van der Waals surface area contributed by atoms with E-state index in [1.54, 1.807) is 0 Å². The molecule has 37 heavy (non-hydrogen) atoms. The fourth-order valence-electron chi connectivity index (χ4n) is 4.98. The Bertz CT molecular complexity index is 1680. The molecule has 182 valence electrons. The van der Waals surface area contributed by atoms with Crippen molar-refractivity contribution in [3.05, 3.63) is 109 Å². The first-order valence-corrected chi connectivity index (χ1v) is 12.9. The minimum Gasteiger partial charge on any atom is -0.487 e. The molecule has 4 aromatic carbocycles. The van der Waals surface area contributed by atoms with E-state index in [0.717, 1.165) is 63.3 Å². The molecule has 0 aliphatic heterocycles. The molecule has 0 spiro atoms. The third-order valence-electron chi connectivity index (χ3n) is 6.87. The average molecular weight is 485 g/mol. The van der Waals surface area contributed by atoms with Gasteiger partial charge in [0.1, 0.15) is 12.9 Å². The fourth-order valence-corrected chi connectivity index (χ4v) is 4.98. The normalized spacial score (nSPS) is 11.3. The lowest BCUT2D eigenvalue weighted by molar-refractivity contribution is -0.645. The van der Waals surface area contributed by atoms with Crippen molar-refractivity contribution in [2.24, 2.45) is 7.05 Å². The number of ether oxygens (including phenoxy) is 1. The molecule has 0 aliphatic rings. The highest BCUT2D eigenvalue weighted by Crippen LogP contribution is 2.37. The Morgan fingerprint density at radius 3 is 2.35 bits per heavy atom. The summed E-state index contributed by atoms with van der Waals surface area (Å²) in [4.78, 5) is 5.02. The van der Waals surface area contributed by atoms with E-state index in [-0.39, 0.29) is 0 Å². The van der Waals surface area contributed by atoms with Crippen molar-refractivity contribution in [2.45, 2.75) is 19.8 Å². The maximum absolute atomic E-state index is 6.42. The van der Waals surface area contributed by atoms with Gasteiger partial charge in [-0.3, -0.25) is 4.57 Å². The van der Waals surface area contributed by atoms with Crippen LogP contribution in [-0.4, -0.2) is 16.2 Å². The summed E-state index contributed by atoms with van der Waals surface area (Å²) in [5.41, 5.74) is 7.61. The first-order chi connectivity index (χ1) is 18.2. The number of para-hydroxylation sites is 3. The van der Waals surface area contributed by atoms with Gasteiger partial charge in [0, 0.05) is 22.9 Å². The Kier molecular flexibility index (Phi) is 6.15. The first kappa shape index (κ1) is 23.0. The summed E-state index contributed by atoms with van der Waals surface area (Å²) in [7, 11) is 2.08. The maximum atomic E-state index is 6.42. The van der Waals surface area contributed by atoms with Crippen LogP contribution in [0.2, 0.25) is 0 Å². The smallest absolute Gasteiger partial charge is 0.255 e. The van der Waals surface area contributed by atoms with Crippen LogP contribution < -0.4 is 9.30 Å². The number of imidazole rings is 1. The Balaban J connectivity index is 1.46. The van der Waals surface area contributed by atoms with Crippen LogP contribution in [-0.2, 0) is 7.05 Å². The van der Waals surface area contributed by atoms with Gasteiger partial charge in [0.15, 0.2) is 11.9 Å². The van der Waals surface area contributed by atoms with Gasteiger partial charge < -0.3 is 4.74 Å². The van der Waals surface area contributed by atoms with Crippen molar-refractivity contribution < 1.29 is 9.30 Å². The van der Waals surface area contributed by atoms with Crippen molar-refractivity contribution in [1.29, 1.82) is 0 Å². The third-order valence-corrected chi connectivity index (χ3v) is 6.87. The Hall–Kier alpha value is -4.44. The number of hydrogen-bond donors (Lipinski definition) is 0. The van der Waals surface area contributed by atoms with E-state index in [1.807, 2.05) is 12.1 Å². The summed E-state index contributed by atoms with van der Waals surface area (Å²) in [6.45, 7) is 2.89. The first-order valence-electron chi connectivity index (χ1n) is 12.9. The molecule has 0 saturated carbocycles. The summed E-state index contributed by atoms with van der Waals surface area (Å²) in [6.07, 6.45) is 4.21. The van der Waals surface area contributed by atoms with E-state index in [1.165, 1.54) is 5.39 Å². The van der Waals surface area contributed by atoms with Crippen molar-refractivity contribution in [3.8, 4) is 34.0 Å². The molecule has 0 aliphatic carbocycles. The molecule has 4 heteroatoms. The quantitative estimate of drug-likeness (QED) is 0.173. The lowest BCUT2D eigenvalue weighted by Gasteiger charge is -2.14. The number of aromatic nitrogens is 3. The average Bonchev–Trinajstić information content (AvgIpc) is 3.34. The molecular formula is C33H30N3O+. The topological polar surface area (TPSA) is 30.9 Å². The highest BCUT2D eigenvalue weighted by molar-refractivity contribution is 5.91. The molecule has 2 heterocycles. The largest absolute Gasteiger partial charge is 0.487 e. The molecule has 4 nitrogen and oxygen atoms in total. The van der Waals surface area contributed by atoms with Crippen LogP contribution in [0.1, 0.15) is 19.8 Å². The molecule has 0 unspecified atom stereocenters. The zero-order valence-corrected chi connectivity index (χ0v) is 21.3. The van der Waals surface area contributed by atoms with E-state index in [9.17, 15) is 0 Å². The Morgan fingerprint density at radius 2 is 1.54 bits per heavy atom. The van der Waals surface area contributed by atoms with Crippen LogP contribution in [0.15, 0.2) is 109 Å². The molecule has 0 fully saturated rings. The van der Waals surface area contributed by atoms with Gasteiger partial charge in [0.05, 0.1) is 23.0 Å². The Labute approximate surface area is 217 Å². The second-order valence-electron chi connectivity index (χ2n) is 9.37. The van der Waals surface area contributed by atoms with Crippen LogP contribution in [0, 0.1) is 0 Å². The number of rotatable bonds is 7. The number of benzene rings is 4. The van der Waals surface area contributed by atoms with Crippen LogP contribution in [0.3, 0.4) is 0 Å². The number of nitrogens with zero attached hydrogens (tertiary/aromatic N) is 3. The van der Waals surface area contributed by atoms with E-state index in [2.05, 4.69) is 120 Å². The molecule has 0 saturated heterocycles. The molecule has 6 rings (SSSR count). The van der Waals surface area contributed by atoms with E-state index < -0.39 is 0 Å². The number of unbranched alkanes of at least 4 members (excludes halogenated alkanes) is 1. The summed E-state index contributed by atoms with van der Waals surface area (Å²) >= 11 is 0. The third kappa shape index (κ3) is 4.25. The Morgan fingerprint density at radius 1 is 0.784 bits per heavy atom. The zero-order chi connectivity index (χ0) is 25.2. The number of pyridine rings is 1. The molecule has 0 bridgehead atoms. The van der Waals surface area contributed by atoms with Crippen LogP contribution >= 0.6 is 0 Å². The van der Waals surface area contributed by atoms with Crippen molar-refractivity contribution in [1.82, 2.24) is 9.55 Å². The van der Waals surface area contributed by atoms with Crippen LogP contribution in [0.5, 0.6) is 5.75 Å². The van der Waals surface area contributed by atoms with Gasteiger partial charge in [-0.15, -0.1) is 0 Å². The van der Waals surface area contributed by atoms with Gasteiger partial charge in [-0.05, 0) is 54.4 Å². The van der Waals surface area contributed by atoms with Gasteiger partial charge in [-0.25, -0.2) is 4.98 Å². The summed E-state index contributed by atoms with van der Waals surface area (Å²) in [5.74, 6) is 1.88. The van der Waals surface area contributed by atoms with Gasteiger partial charge in [-0.1, -0.05) is 67.9 Å². The van der Waals surface area contributed by atoms with Crippen LogP contribution in [0.4, 0.5) is 0 Å². The van der Waals surface area contributed by atoms with Crippen LogP contribution in [0.25, 0.3) is 50.1 Å². The summed E-state index contributed by atoms with van der Waals surface area (Å²) < 4.78 is 10.8. The fraction of sp³-hybridized carbons (Fsp3) is 0.152. The van der Waals surface area contributed by atoms with Crippen molar-refractivity contribution in [3.63, 3.8) is 0 Å². The monoisotopic (exact) mass is 484 g/mol. The van der Waals surface area contributed by atoms with Gasteiger partial charge in [-0.2, -0.15) is 4.57 Å².